The number of carbonyl (C=O) groups is 2. The van der Waals surface area contributed by atoms with Crippen LogP contribution in [-0.2, 0) is 11.3 Å². The second-order valence-corrected chi connectivity index (χ2v) is 8.21. The van der Waals surface area contributed by atoms with Crippen LogP contribution < -0.4 is 5.32 Å². The lowest BCUT2D eigenvalue weighted by molar-refractivity contribution is -0.132. The second-order valence-electron chi connectivity index (χ2n) is 8.21. The lowest BCUT2D eigenvalue weighted by Crippen LogP contribution is -2.33. The molecule has 0 heterocycles. The molecule has 2 fully saturated rings. The summed E-state index contributed by atoms with van der Waals surface area (Å²) in [4.78, 5) is 27.1. The van der Waals surface area contributed by atoms with Gasteiger partial charge in [-0.25, -0.2) is 0 Å². The van der Waals surface area contributed by atoms with E-state index in [1.165, 1.54) is 5.56 Å². The molecule has 0 spiro atoms. The van der Waals surface area contributed by atoms with Gasteiger partial charge in [0.25, 0.3) is 5.91 Å². The lowest BCUT2D eigenvalue weighted by atomic mass is 9.97. The van der Waals surface area contributed by atoms with Gasteiger partial charge >= 0.3 is 0 Å². The Labute approximate surface area is 166 Å². The predicted octanol–water partition coefficient (Wildman–Crippen LogP) is 4.26. The summed E-state index contributed by atoms with van der Waals surface area (Å²) in [6, 6.07) is 18.7. The van der Waals surface area contributed by atoms with Crippen molar-refractivity contribution in [1.29, 1.82) is 0 Å². The van der Waals surface area contributed by atoms with E-state index in [0.29, 0.717) is 30.6 Å². The fourth-order valence-corrected chi connectivity index (χ4v) is 3.54. The third kappa shape index (κ3) is 4.80. The number of hydrogen-bond acceptors (Lipinski definition) is 2. The number of nitrogens with one attached hydrogen (secondary N) is 1. The van der Waals surface area contributed by atoms with Gasteiger partial charge in [0, 0.05) is 30.6 Å². The van der Waals surface area contributed by atoms with E-state index >= 15 is 0 Å². The molecule has 0 aromatic heterocycles. The summed E-state index contributed by atoms with van der Waals surface area (Å²) in [7, 11) is 0. The fraction of sp³-hybridized carbons (Fsp3) is 0.417. The standard InChI is InChI=1S/C24H28N2O2/c1-17(19-5-3-2-4-6-19)15-23(27)26(22-13-14-22)16-18-7-9-20(10-8-18)24(28)25-21-11-12-21/h2-10,17,21-22H,11-16H2,1H3,(H,25,28). The highest BCUT2D eigenvalue weighted by molar-refractivity contribution is 5.94. The Morgan fingerprint density at radius 1 is 1.00 bits per heavy atom. The van der Waals surface area contributed by atoms with E-state index < -0.39 is 0 Å². The van der Waals surface area contributed by atoms with Crippen LogP contribution in [0.3, 0.4) is 0 Å². The zero-order valence-corrected chi connectivity index (χ0v) is 16.4. The highest BCUT2D eigenvalue weighted by atomic mass is 16.2. The maximum atomic E-state index is 13.0. The lowest BCUT2D eigenvalue weighted by Gasteiger charge is -2.24. The summed E-state index contributed by atoms with van der Waals surface area (Å²) < 4.78 is 0. The van der Waals surface area contributed by atoms with Crippen LogP contribution in [0.1, 0.15) is 66.4 Å². The summed E-state index contributed by atoms with van der Waals surface area (Å²) >= 11 is 0. The van der Waals surface area contributed by atoms with Gasteiger partial charge in [-0.1, -0.05) is 49.4 Å². The highest BCUT2D eigenvalue weighted by Gasteiger charge is 2.33. The molecule has 2 aromatic rings. The smallest absolute Gasteiger partial charge is 0.251 e. The molecule has 2 aliphatic rings. The molecule has 0 bridgehead atoms. The van der Waals surface area contributed by atoms with Gasteiger partial charge in [-0.2, -0.15) is 0 Å². The summed E-state index contributed by atoms with van der Waals surface area (Å²) in [6.45, 7) is 2.74. The average molecular weight is 377 g/mol. The van der Waals surface area contributed by atoms with Gasteiger partial charge in [0.15, 0.2) is 0 Å². The molecule has 4 nitrogen and oxygen atoms in total. The minimum absolute atomic E-state index is 0.000798. The van der Waals surface area contributed by atoms with Crippen molar-refractivity contribution >= 4 is 11.8 Å². The summed E-state index contributed by atoms with van der Waals surface area (Å²) in [5, 5.41) is 3.01. The number of nitrogens with zero attached hydrogens (tertiary/aromatic N) is 1. The van der Waals surface area contributed by atoms with E-state index in [0.717, 1.165) is 31.2 Å². The van der Waals surface area contributed by atoms with Crippen molar-refractivity contribution in [2.24, 2.45) is 0 Å². The first-order chi connectivity index (χ1) is 13.6. The zero-order chi connectivity index (χ0) is 19.5. The molecule has 1 unspecified atom stereocenters. The molecule has 2 aromatic carbocycles. The third-order valence-corrected chi connectivity index (χ3v) is 5.64. The second kappa shape index (κ2) is 8.17. The van der Waals surface area contributed by atoms with E-state index in [1.54, 1.807) is 0 Å². The number of amides is 2. The van der Waals surface area contributed by atoms with Crippen molar-refractivity contribution in [2.45, 2.75) is 63.6 Å². The van der Waals surface area contributed by atoms with Crippen LogP contribution in [0.25, 0.3) is 0 Å². The number of rotatable bonds is 8. The van der Waals surface area contributed by atoms with Crippen LogP contribution in [0, 0.1) is 0 Å². The topological polar surface area (TPSA) is 49.4 Å². The summed E-state index contributed by atoms with van der Waals surface area (Å²) in [5.41, 5.74) is 2.98. The largest absolute Gasteiger partial charge is 0.349 e. The minimum atomic E-state index is 0.000798. The van der Waals surface area contributed by atoms with E-state index in [9.17, 15) is 9.59 Å². The third-order valence-electron chi connectivity index (χ3n) is 5.64. The number of hydrogen-bond donors (Lipinski definition) is 1. The molecular formula is C24H28N2O2. The normalized spacial score (nSPS) is 17.0. The molecule has 2 aliphatic carbocycles. The Hall–Kier alpha value is -2.62. The van der Waals surface area contributed by atoms with E-state index in [1.807, 2.05) is 47.4 Å². The zero-order valence-electron chi connectivity index (χ0n) is 16.4. The van der Waals surface area contributed by atoms with Crippen LogP contribution in [-0.4, -0.2) is 28.8 Å². The van der Waals surface area contributed by atoms with E-state index in [2.05, 4.69) is 24.4 Å². The van der Waals surface area contributed by atoms with E-state index in [-0.39, 0.29) is 17.7 Å². The maximum absolute atomic E-state index is 13.0. The molecule has 2 amide bonds. The van der Waals surface area contributed by atoms with Gasteiger partial charge in [0.1, 0.15) is 0 Å². The first kappa shape index (κ1) is 18.7. The maximum Gasteiger partial charge on any atom is 0.251 e. The van der Waals surface area contributed by atoms with Crippen molar-refractivity contribution in [3.63, 3.8) is 0 Å². The fourth-order valence-electron chi connectivity index (χ4n) is 3.54. The average Bonchev–Trinajstić information content (AvgIpc) is 3.62. The summed E-state index contributed by atoms with van der Waals surface area (Å²) in [5.74, 6) is 0.429. The van der Waals surface area contributed by atoms with Gasteiger partial charge in [0.05, 0.1) is 0 Å². The van der Waals surface area contributed by atoms with Gasteiger partial charge in [-0.05, 0) is 54.9 Å². The SMILES string of the molecule is CC(CC(=O)N(Cc1ccc(C(=O)NC2CC2)cc1)C1CC1)c1ccccc1. The van der Waals surface area contributed by atoms with Crippen LogP contribution in [0.4, 0.5) is 0 Å². The molecular weight excluding hydrogens is 348 g/mol. The monoisotopic (exact) mass is 376 g/mol. The Morgan fingerprint density at radius 3 is 2.29 bits per heavy atom. The molecule has 2 saturated carbocycles. The first-order valence-electron chi connectivity index (χ1n) is 10.3. The highest BCUT2D eigenvalue weighted by Crippen LogP contribution is 2.31. The van der Waals surface area contributed by atoms with Crippen molar-refractivity contribution < 1.29 is 9.59 Å². The molecule has 1 N–H and O–H groups in total. The van der Waals surface area contributed by atoms with Gasteiger partial charge in [-0.15, -0.1) is 0 Å². The van der Waals surface area contributed by atoms with Crippen molar-refractivity contribution in [1.82, 2.24) is 10.2 Å². The molecule has 1 atom stereocenters. The molecule has 4 rings (SSSR count). The molecule has 0 radical (unpaired) electrons. The van der Waals surface area contributed by atoms with Crippen LogP contribution in [0.2, 0.25) is 0 Å². The molecule has 146 valence electrons. The number of benzene rings is 2. The van der Waals surface area contributed by atoms with Gasteiger partial charge in [-0.3, -0.25) is 9.59 Å². The predicted molar refractivity (Wildman–Crippen MR) is 110 cm³/mol. The number of carbonyl (C=O) groups excluding carboxylic acids is 2. The van der Waals surface area contributed by atoms with Crippen molar-refractivity contribution in [3.05, 3.63) is 71.3 Å². The molecule has 0 saturated heterocycles. The van der Waals surface area contributed by atoms with Crippen LogP contribution >= 0.6 is 0 Å². The Bertz CT molecular complexity index is 823. The molecule has 0 aliphatic heterocycles. The molecule has 4 heteroatoms. The van der Waals surface area contributed by atoms with Crippen LogP contribution in [0.5, 0.6) is 0 Å². The first-order valence-corrected chi connectivity index (χ1v) is 10.3. The minimum Gasteiger partial charge on any atom is -0.349 e. The van der Waals surface area contributed by atoms with Gasteiger partial charge in [0.2, 0.25) is 5.91 Å². The van der Waals surface area contributed by atoms with Crippen molar-refractivity contribution in [3.8, 4) is 0 Å². The Morgan fingerprint density at radius 2 is 1.68 bits per heavy atom. The van der Waals surface area contributed by atoms with Crippen molar-refractivity contribution in [2.75, 3.05) is 0 Å². The molecule has 28 heavy (non-hydrogen) atoms. The van der Waals surface area contributed by atoms with E-state index in [4.69, 9.17) is 0 Å². The van der Waals surface area contributed by atoms with Gasteiger partial charge < -0.3 is 10.2 Å². The summed E-state index contributed by atoms with van der Waals surface area (Å²) in [6.07, 6.45) is 4.89. The Kier molecular flexibility index (Phi) is 5.47. The van der Waals surface area contributed by atoms with Crippen LogP contribution in [0.15, 0.2) is 54.6 Å². The Balaban J connectivity index is 1.38. The quantitative estimate of drug-likeness (QED) is 0.748.